The molecule has 0 aliphatic carbocycles. The third-order valence-corrected chi connectivity index (χ3v) is 2.41. The highest BCUT2D eigenvalue weighted by Crippen LogP contribution is 2.15. The first kappa shape index (κ1) is 13.5. The molecule has 1 rings (SSSR count). The van der Waals surface area contributed by atoms with E-state index >= 15 is 0 Å². The molecule has 0 aliphatic heterocycles. The van der Waals surface area contributed by atoms with E-state index in [0.717, 1.165) is 11.3 Å². The van der Waals surface area contributed by atoms with E-state index in [-0.39, 0.29) is 25.0 Å². The van der Waals surface area contributed by atoms with Crippen LogP contribution in [0.1, 0.15) is 12.5 Å². The minimum atomic E-state index is -0.173. The van der Waals surface area contributed by atoms with Crippen LogP contribution in [0.3, 0.4) is 0 Å². The van der Waals surface area contributed by atoms with E-state index < -0.39 is 0 Å². The molecule has 0 aliphatic rings. The van der Waals surface area contributed by atoms with Crippen LogP contribution in [0.5, 0.6) is 5.75 Å². The molecule has 1 unspecified atom stereocenters. The predicted octanol–water partition coefficient (Wildman–Crippen LogP) is 1.12. The molecule has 94 valence electrons. The van der Waals surface area contributed by atoms with Crippen LogP contribution in [0.2, 0.25) is 0 Å². The molecule has 2 N–H and O–H groups in total. The average Bonchev–Trinajstić information content (AvgIpc) is 2.35. The van der Waals surface area contributed by atoms with Gasteiger partial charge in [0.05, 0.1) is 0 Å². The van der Waals surface area contributed by atoms with Crippen LogP contribution in [0.4, 0.5) is 0 Å². The Kier molecular flexibility index (Phi) is 5.49. The van der Waals surface area contributed by atoms with E-state index in [1.54, 1.807) is 0 Å². The van der Waals surface area contributed by atoms with Gasteiger partial charge in [0.15, 0.2) is 6.61 Å². The Balaban J connectivity index is 2.31. The second kappa shape index (κ2) is 6.91. The summed E-state index contributed by atoms with van der Waals surface area (Å²) in [6.07, 6.45) is 0. The van der Waals surface area contributed by atoms with Gasteiger partial charge >= 0.3 is 0 Å². The summed E-state index contributed by atoms with van der Waals surface area (Å²) in [6, 6.07) is 7.55. The zero-order chi connectivity index (χ0) is 12.7. The van der Waals surface area contributed by atoms with Gasteiger partial charge in [-0.3, -0.25) is 4.79 Å². The van der Waals surface area contributed by atoms with Crippen molar-refractivity contribution in [3.8, 4) is 5.75 Å². The first-order valence-corrected chi connectivity index (χ1v) is 5.69. The standard InChI is InChI=1S/C13H19NO3/c1-10(8-15)7-14-13(16)9-17-12-6-4-3-5-11(12)2/h3-6,10,15H,7-9H2,1-2H3,(H,14,16). The number of nitrogens with one attached hydrogen (secondary N) is 1. The van der Waals surface area contributed by atoms with Crippen LogP contribution in [-0.2, 0) is 4.79 Å². The van der Waals surface area contributed by atoms with Crippen molar-refractivity contribution >= 4 is 5.91 Å². The van der Waals surface area contributed by atoms with Gasteiger partial charge in [-0.2, -0.15) is 0 Å². The number of rotatable bonds is 6. The van der Waals surface area contributed by atoms with Crippen LogP contribution in [0.25, 0.3) is 0 Å². The molecule has 0 saturated heterocycles. The molecule has 1 aromatic carbocycles. The number of hydrogen-bond donors (Lipinski definition) is 2. The number of carbonyl (C=O) groups is 1. The number of aliphatic hydroxyl groups excluding tert-OH is 1. The van der Waals surface area contributed by atoms with Gasteiger partial charge in [-0.1, -0.05) is 25.1 Å². The molecule has 17 heavy (non-hydrogen) atoms. The number of ether oxygens (including phenoxy) is 1. The normalized spacial score (nSPS) is 11.9. The van der Waals surface area contributed by atoms with Gasteiger partial charge in [-0.05, 0) is 24.5 Å². The molecule has 1 atom stereocenters. The highest BCUT2D eigenvalue weighted by atomic mass is 16.5. The fourth-order valence-electron chi connectivity index (χ4n) is 1.27. The molecule has 0 fully saturated rings. The molecule has 0 saturated carbocycles. The Bertz CT molecular complexity index is 365. The second-order valence-electron chi connectivity index (χ2n) is 4.15. The summed E-state index contributed by atoms with van der Waals surface area (Å²) in [4.78, 5) is 11.4. The molecule has 0 heterocycles. The Morgan fingerprint density at radius 1 is 1.47 bits per heavy atom. The van der Waals surface area contributed by atoms with Crippen molar-refractivity contribution in [3.63, 3.8) is 0 Å². The number of aryl methyl sites for hydroxylation is 1. The molecule has 4 heteroatoms. The van der Waals surface area contributed by atoms with Crippen LogP contribution < -0.4 is 10.1 Å². The van der Waals surface area contributed by atoms with Crippen molar-refractivity contribution in [3.05, 3.63) is 29.8 Å². The van der Waals surface area contributed by atoms with Crippen molar-refractivity contribution < 1.29 is 14.6 Å². The Morgan fingerprint density at radius 2 is 2.18 bits per heavy atom. The van der Waals surface area contributed by atoms with Gasteiger partial charge in [0.1, 0.15) is 5.75 Å². The van der Waals surface area contributed by atoms with E-state index in [2.05, 4.69) is 5.32 Å². The lowest BCUT2D eigenvalue weighted by atomic mass is 10.2. The van der Waals surface area contributed by atoms with Crippen molar-refractivity contribution in [1.29, 1.82) is 0 Å². The summed E-state index contributed by atoms with van der Waals surface area (Å²) in [5, 5.41) is 11.5. The second-order valence-corrected chi connectivity index (χ2v) is 4.15. The first-order chi connectivity index (χ1) is 8.13. The number of hydrogen-bond acceptors (Lipinski definition) is 3. The fraction of sp³-hybridized carbons (Fsp3) is 0.462. The number of benzene rings is 1. The Labute approximate surface area is 102 Å². The van der Waals surface area contributed by atoms with E-state index in [4.69, 9.17) is 9.84 Å². The van der Waals surface area contributed by atoms with Crippen LogP contribution >= 0.6 is 0 Å². The highest BCUT2D eigenvalue weighted by Gasteiger charge is 2.06. The number of amides is 1. The summed E-state index contributed by atoms with van der Waals surface area (Å²) < 4.78 is 5.39. The summed E-state index contributed by atoms with van der Waals surface area (Å²) in [6.45, 7) is 4.33. The molecular weight excluding hydrogens is 218 g/mol. The summed E-state index contributed by atoms with van der Waals surface area (Å²) in [5.41, 5.74) is 1.00. The minimum Gasteiger partial charge on any atom is -0.484 e. The first-order valence-electron chi connectivity index (χ1n) is 5.69. The summed E-state index contributed by atoms with van der Waals surface area (Å²) >= 11 is 0. The molecule has 4 nitrogen and oxygen atoms in total. The third kappa shape index (κ3) is 4.87. The van der Waals surface area contributed by atoms with E-state index in [1.165, 1.54) is 0 Å². The molecule has 0 spiro atoms. The number of carbonyl (C=O) groups excluding carboxylic acids is 1. The monoisotopic (exact) mass is 237 g/mol. The maximum atomic E-state index is 11.4. The Hall–Kier alpha value is -1.55. The minimum absolute atomic E-state index is 0.00298. The van der Waals surface area contributed by atoms with E-state index in [0.29, 0.717) is 6.54 Å². The van der Waals surface area contributed by atoms with Gasteiger partial charge < -0.3 is 15.2 Å². The maximum absolute atomic E-state index is 11.4. The van der Waals surface area contributed by atoms with Crippen molar-refractivity contribution in [2.45, 2.75) is 13.8 Å². The van der Waals surface area contributed by atoms with Crippen molar-refractivity contribution in [1.82, 2.24) is 5.32 Å². The van der Waals surface area contributed by atoms with Crippen molar-refractivity contribution in [2.24, 2.45) is 5.92 Å². The smallest absolute Gasteiger partial charge is 0.257 e. The van der Waals surface area contributed by atoms with Gasteiger partial charge in [-0.15, -0.1) is 0 Å². The van der Waals surface area contributed by atoms with Gasteiger partial charge in [-0.25, -0.2) is 0 Å². The molecule has 0 bridgehead atoms. The number of aliphatic hydroxyl groups is 1. The van der Waals surface area contributed by atoms with Gasteiger partial charge in [0, 0.05) is 13.2 Å². The summed E-state index contributed by atoms with van der Waals surface area (Å²) in [7, 11) is 0. The lowest BCUT2D eigenvalue weighted by Gasteiger charge is -2.11. The average molecular weight is 237 g/mol. The lowest BCUT2D eigenvalue weighted by molar-refractivity contribution is -0.123. The zero-order valence-electron chi connectivity index (χ0n) is 10.3. The van der Waals surface area contributed by atoms with Crippen LogP contribution in [0, 0.1) is 12.8 Å². The molecule has 0 aromatic heterocycles. The highest BCUT2D eigenvalue weighted by molar-refractivity contribution is 5.77. The third-order valence-electron chi connectivity index (χ3n) is 2.41. The predicted molar refractivity (Wildman–Crippen MR) is 65.9 cm³/mol. The zero-order valence-corrected chi connectivity index (χ0v) is 10.3. The lowest BCUT2D eigenvalue weighted by Crippen LogP contribution is -2.33. The van der Waals surface area contributed by atoms with Crippen LogP contribution in [-0.4, -0.2) is 30.8 Å². The Morgan fingerprint density at radius 3 is 2.82 bits per heavy atom. The molecule has 1 aromatic rings. The SMILES string of the molecule is Cc1ccccc1OCC(=O)NCC(C)CO. The van der Waals surface area contributed by atoms with E-state index in [1.807, 2.05) is 38.1 Å². The van der Waals surface area contributed by atoms with E-state index in [9.17, 15) is 4.79 Å². The van der Waals surface area contributed by atoms with Crippen LogP contribution in [0.15, 0.2) is 24.3 Å². The quantitative estimate of drug-likeness (QED) is 0.779. The maximum Gasteiger partial charge on any atom is 0.257 e. The van der Waals surface area contributed by atoms with Gasteiger partial charge in [0.2, 0.25) is 0 Å². The molecule has 1 amide bonds. The largest absolute Gasteiger partial charge is 0.484 e. The number of para-hydroxylation sites is 1. The summed E-state index contributed by atoms with van der Waals surface area (Å²) in [5.74, 6) is 0.615. The van der Waals surface area contributed by atoms with Gasteiger partial charge in [0.25, 0.3) is 5.91 Å². The fourth-order valence-corrected chi connectivity index (χ4v) is 1.27. The molecular formula is C13H19NO3. The van der Waals surface area contributed by atoms with Crippen molar-refractivity contribution in [2.75, 3.05) is 19.8 Å². The topological polar surface area (TPSA) is 58.6 Å². The molecule has 0 radical (unpaired) electrons.